The maximum atomic E-state index is 12.9. The van der Waals surface area contributed by atoms with Crippen molar-refractivity contribution in [1.82, 2.24) is 5.32 Å². The Labute approximate surface area is 126 Å². The van der Waals surface area contributed by atoms with E-state index >= 15 is 0 Å². The van der Waals surface area contributed by atoms with E-state index in [1.807, 2.05) is 0 Å². The lowest BCUT2D eigenvalue weighted by molar-refractivity contribution is -0.137. The molecule has 1 aliphatic carbocycles. The third-order valence-electron chi connectivity index (χ3n) is 3.52. The van der Waals surface area contributed by atoms with Crippen LogP contribution in [-0.4, -0.2) is 18.5 Å². The molecular formula is C15H16F3N3O. The molecule has 22 heavy (non-hydrogen) atoms. The molecule has 118 valence electrons. The van der Waals surface area contributed by atoms with E-state index in [1.165, 1.54) is 12.1 Å². The number of alkyl halides is 3. The van der Waals surface area contributed by atoms with Gasteiger partial charge >= 0.3 is 6.18 Å². The summed E-state index contributed by atoms with van der Waals surface area (Å²) in [5.41, 5.74) is -1.49. The van der Waals surface area contributed by atoms with E-state index in [0.717, 1.165) is 31.5 Å². The second-order valence-corrected chi connectivity index (χ2v) is 5.43. The van der Waals surface area contributed by atoms with Gasteiger partial charge in [0.2, 0.25) is 5.91 Å². The summed E-state index contributed by atoms with van der Waals surface area (Å²) in [5.74, 6) is 0.195. The molecule has 0 saturated heterocycles. The van der Waals surface area contributed by atoms with Crippen LogP contribution in [-0.2, 0) is 11.0 Å². The molecule has 1 unspecified atom stereocenters. The first-order chi connectivity index (χ1) is 10.3. The van der Waals surface area contributed by atoms with Crippen molar-refractivity contribution in [2.75, 3.05) is 11.9 Å². The summed E-state index contributed by atoms with van der Waals surface area (Å²) in [6.45, 7) is 2.39. The second kappa shape index (κ2) is 6.36. The summed E-state index contributed by atoms with van der Waals surface area (Å²) in [4.78, 5) is 11.9. The van der Waals surface area contributed by atoms with Crippen molar-refractivity contribution in [3.8, 4) is 6.07 Å². The number of carbonyl (C=O) groups is 1. The number of rotatable bonds is 5. The van der Waals surface area contributed by atoms with Crippen LogP contribution in [0.3, 0.4) is 0 Å². The number of anilines is 1. The number of nitriles is 1. The molecule has 0 aromatic heterocycles. The van der Waals surface area contributed by atoms with Crippen molar-refractivity contribution in [1.29, 1.82) is 5.26 Å². The summed E-state index contributed by atoms with van der Waals surface area (Å²) < 4.78 is 38.6. The van der Waals surface area contributed by atoms with Gasteiger partial charge in [-0.1, -0.05) is 0 Å². The van der Waals surface area contributed by atoms with Crippen LogP contribution < -0.4 is 10.6 Å². The lowest BCUT2D eigenvalue weighted by Gasteiger charge is -2.15. The SMILES string of the molecule is CC(NCC1CC1)C(=O)Nc1ccc(C#N)c(C(F)(F)F)c1. The van der Waals surface area contributed by atoms with E-state index in [1.54, 1.807) is 6.92 Å². The van der Waals surface area contributed by atoms with Gasteiger partial charge < -0.3 is 10.6 Å². The van der Waals surface area contributed by atoms with Crippen molar-refractivity contribution in [2.45, 2.75) is 32.0 Å². The predicted octanol–water partition coefficient (Wildman–Crippen LogP) is 2.90. The number of nitrogens with zero attached hydrogens (tertiary/aromatic N) is 1. The number of halogens is 3. The average molecular weight is 311 g/mol. The van der Waals surface area contributed by atoms with Crippen LogP contribution in [0.2, 0.25) is 0 Å². The van der Waals surface area contributed by atoms with E-state index in [4.69, 9.17) is 5.26 Å². The zero-order chi connectivity index (χ0) is 16.3. The summed E-state index contributed by atoms with van der Waals surface area (Å²) in [5, 5.41) is 14.2. The number of carbonyl (C=O) groups excluding carboxylic acids is 1. The minimum absolute atomic E-state index is 0.0244. The minimum atomic E-state index is -4.64. The Hall–Kier alpha value is -2.07. The number of amides is 1. The Bertz CT molecular complexity index is 603. The van der Waals surface area contributed by atoms with Gasteiger partial charge in [0.1, 0.15) is 0 Å². The zero-order valence-electron chi connectivity index (χ0n) is 12.0. The first kappa shape index (κ1) is 16.3. The fraction of sp³-hybridized carbons (Fsp3) is 0.467. The first-order valence-corrected chi connectivity index (χ1v) is 6.97. The molecule has 1 saturated carbocycles. The molecular weight excluding hydrogens is 295 g/mol. The summed E-state index contributed by atoms with van der Waals surface area (Å²) >= 11 is 0. The number of hydrogen-bond donors (Lipinski definition) is 2. The van der Waals surface area contributed by atoms with Crippen LogP contribution in [0.5, 0.6) is 0 Å². The highest BCUT2D eigenvalue weighted by Gasteiger charge is 2.34. The van der Waals surface area contributed by atoms with Gasteiger partial charge in [-0.2, -0.15) is 18.4 Å². The van der Waals surface area contributed by atoms with Crippen molar-refractivity contribution in [2.24, 2.45) is 5.92 Å². The quantitative estimate of drug-likeness (QED) is 0.879. The average Bonchev–Trinajstić information content (AvgIpc) is 3.27. The molecule has 0 bridgehead atoms. The van der Waals surface area contributed by atoms with E-state index in [2.05, 4.69) is 10.6 Å². The van der Waals surface area contributed by atoms with Crippen LogP contribution in [0.4, 0.5) is 18.9 Å². The summed E-state index contributed by atoms with van der Waals surface area (Å²) in [6.07, 6.45) is -2.35. The van der Waals surface area contributed by atoms with Gasteiger partial charge in [0.25, 0.3) is 0 Å². The Balaban J connectivity index is 2.05. The maximum absolute atomic E-state index is 12.9. The lowest BCUT2D eigenvalue weighted by Crippen LogP contribution is -2.39. The molecule has 7 heteroatoms. The zero-order valence-corrected chi connectivity index (χ0v) is 12.0. The smallest absolute Gasteiger partial charge is 0.325 e. The third kappa shape index (κ3) is 4.21. The molecule has 4 nitrogen and oxygen atoms in total. The fourth-order valence-corrected chi connectivity index (χ4v) is 1.96. The van der Waals surface area contributed by atoms with Gasteiger partial charge in [-0.05, 0) is 50.4 Å². The topological polar surface area (TPSA) is 64.9 Å². The van der Waals surface area contributed by atoms with Crippen LogP contribution in [0.15, 0.2) is 18.2 Å². The van der Waals surface area contributed by atoms with Gasteiger partial charge in [0, 0.05) is 5.69 Å². The first-order valence-electron chi connectivity index (χ1n) is 6.97. The monoisotopic (exact) mass is 311 g/mol. The van der Waals surface area contributed by atoms with Crippen molar-refractivity contribution < 1.29 is 18.0 Å². The number of hydrogen-bond acceptors (Lipinski definition) is 3. The molecule has 2 N–H and O–H groups in total. The standard InChI is InChI=1S/C15H16F3N3O/c1-9(20-8-10-2-3-10)14(22)21-12-5-4-11(7-19)13(6-12)15(16,17)18/h4-6,9-10,20H,2-3,8H2,1H3,(H,21,22). The van der Waals surface area contributed by atoms with Crippen molar-refractivity contribution in [3.63, 3.8) is 0 Å². The molecule has 0 heterocycles. The molecule has 1 aliphatic rings. The number of benzene rings is 1. The molecule has 2 rings (SSSR count). The molecule has 1 amide bonds. The summed E-state index contributed by atoms with van der Waals surface area (Å²) in [7, 11) is 0. The molecule has 1 atom stereocenters. The van der Waals surface area contributed by atoms with Crippen LogP contribution in [0, 0.1) is 17.2 Å². The van der Waals surface area contributed by atoms with Gasteiger partial charge in [-0.3, -0.25) is 4.79 Å². The highest BCUT2D eigenvalue weighted by atomic mass is 19.4. The molecule has 1 aromatic carbocycles. The predicted molar refractivity (Wildman–Crippen MR) is 75.0 cm³/mol. The minimum Gasteiger partial charge on any atom is -0.325 e. The van der Waals surface area contributed by atoms with E-state index < -0.39 is 29.3 Å². The molecule has 1 aromatic rings. The van der Waals surface area contributed by atoms with Crippen LogP contribution in [0.25, 0.3) is 0 Å². The molecule has 0 aliphatic heterocycles. The van der Waals surface area contributed by atoms with Gasteiger partial charge in [-0.25, -0.2) is 0 Å². The van der Waals surface area contributed by atoms with E-state index in [0.29, 0.717) is 5.92 Å². The lowest BCUT2D eigenvalue weighted by atomic mass is 10.1. The Morgan fingerprint density at radius 1 is 1.45 bits per heavy atom. The van der Waals surface area contributed by atoms with Crippen LogP contribution >= 0.6 is 0 Å². The van der Waals surface area contributed by atoms with Gasteiger partial charge in [0.05, 0.1) is 23.2 Å². The second-order valence-electron chi connectivity index (χ2n) is 5.43. The van der Waals surface area contributed by atoms with Crippen molar-refractivity contribution in [3.05, 3.63) is 29.3 Å². The fourth-order valence-electron chi connectivity index (χ4n) is 1.96. The van der Waals surface area contributed by atoms with Gasteiger partial charge in [0.15, 0.2) is 0 Å². The van der Waals surface area contributed by atoms with E-state index in [-0.39, 0.29) is 5.69 Å². The van der Waals surface area contributed by atoms with E-state index in [9.17, 15) is 18.0 Å². The highest BCUT2D eigenvalue weighted by molar-refractivity contribution is 5.94. The Kier molecular flexibility index (Phi) is 4.71. The van der Waals surface area contributed by atoms with Crippen molar-refractivity contribution >= 4 is 11.6 Å². The third-order valence-corrected chi connectivity index (χ3v) is 3.52. The molecule has 1 fully saturated rings. The van der Waals surface area contributed by atoms with Crippen LogP contribution in [0.1, 0.15) is 30.9 Å². The Morgan fingerprint density at radius 3 is 2.68 bits per heavy atom. The molecule has 0 radical (unpaired) electrons. The Morgan fingerprint density at radius 2 is 2.14 bits per heavy atom. The number of nitrogens with one attached hydrogen (secondary N) is 2. The maximum Gasteiger partial charge on any atom is 0.417 e. The van der Waals surface area contributed by atoms with Gasteiger partial charge in [-0.15, -0.1) is 0 Å². The largest absolute Gasteiger partial charge is 0.417 e. The summed E-state index contributed by atoms with van der Waals surface area (Å²) in [6, 6.07) is 4.13. The molecule has 0 spiro atoms. The normalized spacial score (nSPS) is 16.0. The highest BCUT2D eigenvalue weighted by Crippen LogP contribution is 2.33.